The summed E-state index contributed by atoms with van der Waals surface area (Å²) in [5.41, 5.74) is 0.768. The minimum atomic E-state index is 0.237. The van der Waals surface area contributed by atoms with Crippen molar-refractivity contribution in [2.45, 2.75) is 32.1 Å². The number of hydrogen-bond donors (Lipinski definition) is 0. The van der Waals surface area contributed by atoms with Gasteiger partial charge in [-0.15, -0.1) is 0 Å². The van der Waals surface area contributed by atoms with E-state index in [-0.39, 0.29) is 5.92 Å². The van der Waals surface area contributed by atoms with E-state index in [1.807, 2.05) is 18.2 Å². The maximum Gasteiger partial charge on any atom is 0.170 e. The number of methoxy groups -OCH3 is 1. The monoisotopic (exact) mass is 348 g/mol. The van der Waals surface area contributed by atoms with Crippen molar-refractivity contribution in [3.05, 3.63) is 28.2 Å². The first kappa shape index (κ1) is 13.8. The topological polar surface area (TPSA) is 26.3 Å². The van der Waals surface area contributed by atoms with Gasteiger partial charge in [-0.05, 0) is 74.0 Å². The SMILES string of the molecule is COc1ccc(Br)cc1C(=O)C1C2CC3CC(C2)CC1C3. The first-order valence-corrected chi connectivity index (χ1v) is 8.82. The number of hydrogen-bond acceptors (Lipinski definition) is 2. The van der Waals surface area contributed by atoms with E-state index in [0.717, 1.165) is 27.6 Å². The zero-order valence-corrected chi connectivity index (χ0v) is 13.9. The average Bonchev–Trinajstić information content (AvgIpc) is 2.46. The third-order valence-corrected chi connectivity index (χ3v) is 6.45. The van der Waals surface area contributed by atoms with Crippen molar-refractivity contribution in [1.82, 2.24) is 0 Å². The van der Waals surface area contributed by atoms with Crippen molar-refractivity contribution in [2.75, 3.05) is 7.11 Å². The second-order valence-electron chi connectivity index (χ2n) is 7.17. The fraction of sp³-hybridized carbons (Fsp3) is 0.611. The lowest BCUT2D eigenvalue weighted by molar-refractivity contribution is -0.0252. The van der Waals surface area contributed by atoms with Gasteiger partial charge in [-0.1, -0.05) is 15.9 Å². The first-order valence-electron chi connectivity index (χ1n) is 8.03. The molecule has 0 heterocycles. The number of halogens is 1. The molecule has 0 unspecified atom stereocenters. The minimum Gasteiger partial charge on any atom is -0.496 e. The van der Waals surface area contributed by atoms with Gasteiger partial charge >= 0.3 is 0 Å². The molecule has 4 aliphatic carbocycles. The maximum absolute atomic E-state index is 13.2. The Bertz CT molecular complexity index is 553. The summed E-state index contributed by atoms with van der Waals surface area (Å²) >= 11 is 3.49. The predicted octanol–water partition coefficient (Wildman–Crippen LogP) is 4.71. The van der Waals surface area contributed by atoms with Crippen LogP contribution in [0.15, 0.2) is 22.7 Å². The molecule has 0 spiro atoms. The predicted molar refractivity (Wildman–Crippen MR) is 85.6 cm³/mol. The Kier molecular flexibility index (Phi) is 3.36. The number of rotatable bonds is 3. The molecule has 5 rings (SSSR count). The number of ketones is 1. The maximum atomic E-state index is 13.2. The molecule has 0 atom stereocenters. The van der Waals surface area contributed by atoms with Crippen molar-refractivity contribution in [3.63, 3.8) is 0 Å². The minimum absolute atomic E-state index is 0.237. The fourth-order valence-corrected chi connectivity index (χ4v) is 5.77. The molecule has 4 fully saturated rings. The van der Waals surface area contributed by atoms with Gasteiger partial charge in [0.15, 0.2) is 5.78 Å². The van der Waals surface area contributed by atoms with E-state index in [1.165, 1.54) is 32.1 Å². The van der Waals surface area contributed by atoms with Crippen molar-refractivity contribution < 1.29 is 9.53 Å². The van der Waals surface area contributed by atoms with Crippen LogP contribution in [0.25, 0.3) is 0 Å². The lowest BCUT2D eigenvalue weighted by atomic mass is 9.51. The van der Waals surface area contributed by atoms with Crippen molar-refractivity contribution in [3.8, 4) is 5.75 Å². The highest BCUT2D eigenvalue weighted by Crippen LogP contribution is 2.57. The Morgan fingerprint density at radius 3 is 2.29 bits per heavy atom. The second kappa shape index (κ2) is 5.12. The van der Waals surface area contributed by atoms with Crippen molar-refractivity contribution in [2.24, 2.45) is 29.6 Å². The van der Waals surface area contributed by atoms with E-state index in [4.69, 9.17) is 4.74 Å². The van der Waals surface area contributed by atoms with Gasteiger partial charge in [-0.2, -0.15) is 0 Å². The molecule has 3 heteroatoms. The van der Waals surface area contributed by atoms with Crippen LogP contribution < -0.4 is 4.74 Å². The van der Waals surface area contributed by atoms with Crippen LogP contribution in [0.1, 0.15) is 42.5 Å². The Hall–Kier alpha value is -0.830. The van der Waals surface area contributed by atoms with Crippen LogP contribution >= 0.6 is 15.9 Å². The number of carbonyl (C=O) groups is 1. The molecule has 112 valence electrons. The molecule has 0 saturated heterocycles. The van der Waals surface area contributed by atoms with E-state index in [1.54, 1.807) is 7.11 Å². The van der Waals surface area contributed by atoms with Gasteiger partial charge in [0, 0.05) is 10.4 Å². The van der Waals surface area contributed by atoms with Crippen LogP contribution in [0, 0.1) is 29.6 Å². The Morgan fingerprint density at radius 1 is 1.10 bits per heavy atom. The van der Waals surface area contributed by atoms with Gasteiger partial charge in [0.2, 0.25) is 0 Å². The standard InChI is InChI=1S/C18H21BrO2/c1-21-16-3-2-14(19)9-15(16)18(20)17-12-5-10-4-11(7-12)8-13(17)6-10/h2-3,9-13,17H,4-8H2,1H3. The number of benzene rings is 1. The quantitative estimate of drug-likeness (QED) is 0.739. The molecule has 1 aromatic carbocycles. The molecule has 0 amide bonds. The summed E-state index contributed by atoms with van der Waals surface area (Å²) in [7, 11) is 1.65. The van der Waals surface area contributed by atoms with Gasteiger partial charge in [-0.25, -0.2) is 0 Å². The lowest BCUT2D eigenvalue weighted by Gasteiger charge is -2.53. The van der Waals surface area contributed by atoms with E-state index in [2.05, 4.69) is 15.9 Å². The van der Waals surface area contributed by atoms with Crippen LogP contribution in [0.5, 0.6) is 5.75 Å². The summed E-state index contributed by atoms with van der Waals surface area (Å²) in [6.45, 7) is 0. The average molecular weight is 349 g/mol. The number of ether oxygens (including phenoxy) is 1. The van der Waals surface area contributed by atoms with Crippen LogP contribution in [0.3, 0.4) is 0 Å². The summed E-state index contributed by atoms with van der Waals surface area (Å²) in [5, 5.41) is 0. The molecule has 0 N–H and O–H groups in total. The Morgan fingerprint density at radius 2 is 1.71 bits per heavy atom. The number of Topliss-reactive ketones (excluding diaryl/α,β-unsaturated/α-hetero) is 1. The van der Waals surface area contributed by atoms with E-state index in [9.17, 15) is 4.79 Å². The Labute approximate surface area is 134 Å². The molecule has 0 aromatic heterocycles. The zero-order valence-electron chi connectivity index (χ0n) is 12.3. The summed E-state index contributed by atoms with van der Waals surface area (Å²) in [4.78, 5) is 13.2. The van der Waals surface area contributed by atoms with Gasteiger partial charge in [0.05, 0.1) is 12.7 Å². The molecule has 21 heavy (non-hydrogen) atoms. The summed E-state index contributed by atoms with van der Waals surface area (Å²) in [6.07, 6.45) is 6.53. The first-order chi connectivity index (χ1) is 10.2. The van der Waals surface area contributed by atoms with E-state index >= 15 is 0 Å². The zero-order chi connectivity index (χ0) is 14.6. The fourth-order valence-electron chi connectivity index (χ4n) is 5.41. The number of carbonyl (C=O) groups excluding carboxylic acids is 1. The van der Waals surface area contributed by atoms with Gasteiger partial charge in [0.25, 0.3) is 0 Å². The summed E-state index contributed by atoms with van der Waals surface area (Å²) in [6, 6.07) is 5.77. The van der Waals surface area contributed by atoms with Gasteiger partial charge in [0.1, 0.15) is 5.75 Å². The highest BCUT2D eigenvalue weighted by atomic mass is 79.9. The molecule has 0 radical (unpaired) electrons. The molecule has 0 aliphatic heterocycles. The van der Waals surface area contributed by atoms with Gasteiger partial charge < -0.3 is 4.74 Å². The van der Waals surface area contributed by atoms with Crippen LogP contribution in [-0.2, 0) is 0 Å². The highest BCUT2D eigenvalue weighted by molar-refractivity contribution is 9.10. The van der Waals surface area contributed by atoms with Crippen LogP contribution in [0.2, 0.25) is 0 Å². The molecular formula is C18H21BrO2. The lowest BCUT2D eigenvalue weighted by Crippen LogP contribution is -2.48. The molecule has 1 aromatic rings. The highest BCUT2D eigenvalue weighted by Gasteiger charge is 2.51. The summed E-state index contributed by atoms with van der Waals surface area (Å²) < 4.78 is 6.38. The molecule has 4 bridgehead atoms. The normalized spacial score (nSPS) is 36.8. The van der Waals surface area contributed by atoms with Crippen molar-refractivity contribution >= 4 is 21.7 Å². The van der Waals surface area contributed by atoms with E-state index in [0.29, 0.717) is 17.6 Å². The molecular weight excluding hydrogens is 328 g/mol. The molecule has 4 aliphatic rings. The van der Waals surface area contributed by atoms with Crippen LogP contribution in [0.4, 0.5) is 0 Å². The van der Waals surface area contributed by atoms with E-state index < -0.39 is 0 Å². The Balaban J connectivity index is 1.67. The largest absolute Gasteiger partial charge is 0.496 e. The third kappa shape index (κ3) is 2.25. The van der Waals surface area contributed by atoms with Gasteiger partial charge in [-0.3, -0.25) is 4.79 Å². The van der Waals surface area contributed by atoms with Crippen LogP contribution in [-0.4, -0.2) is 12.9 Å². The smallest absolute Gasteiger partial charge is 0.170 e. The molecule has 4 saturated carbocycles. The summed E-state index contributed by atoms with van der Waals surface area (Å²) in [5.74, 6) is 4.33. The third-order valence-electron chi connectivity index (χ3n) is 5.96. The molecule has 2 nitrogen and oxygen atoms in total. The van der Waals surface area contributed by atoms with Crippen molar-refractivity contribution in [1.29, 1.82) is 0 Å². The second-order valence-corrected chi connectivity index (χ2v) is 8.08.